The van der Waals surface area contributed by atoms with Gasteiger partial charge in [0.05, 0.1) is 0 Å². The van der Waals surface area contributed by atoms with Crippen molar-refractivity contribution in [2.45, 2.75) is 109 Å². The molecule has 0 aromatic rings. The third-order valence-electron chi connectivity index (χ3n) is 3.78. The van der Waals surface area contributed by atoms with Crippen molar-refractivity contribution in [2.75, 3.05) is 0 Å². The summed E-state index contributed by atoms with van der Waals surface area (Å²) < 4.78 is 0. The van der Waals surface area contributed by atoms with Crippen LogP contribution in [0.4, 0.5) is 0 Å². The average molecular weight is 400 g/mol. The van der Waals surface area contributed by atoms with Crippen LogP contribution in [0.15, 0.2) is 0 Å². The molecule has 0 nitrogen and oxygen atoms in total. The normalized spacial score (nSPS) is 10.7. The Labute approximate surface area is 145 Å². The minimum Gasteiger partial charge on any atom is -0.176 e. The quantitative estimate of drug-likeness (QED) is 0.175. The molecule has 0 fully saturated rings. The van der Waals surface area contributed by atoms with Crippen LogP contribution in [0.2, 0.25) is 0 Å². The zero-order chi connectivity index (χ0) is 13.5. The second-order valence-electron chi connectivity index (χ2n) is 5.77. The Hall–Kier alpha value is 1.08. The van der Waals surface area contributed by atoms with Crippen molar-refractivity contribution >= 4 is 36.6 Å². The molecule has 0 saturated carbocycles. The van der Waals surface area contributed by atoms with Gasteiger partial charge in [0.25, 0.3) is 0 Å². The Morgan fingerprint density at radius 2 is 0.895 bits per heavy atom. The van der Waals surface area contributed by atoms with Crippen LogP contribution in [0.1, 0.15) is 104 Å². The molecule has 0 aromatic carbocycles. The molecule has 0 N–H and O–H groups in total. The highest BCUT2D eigenvalue weighted by atomic mass is 127. The Morgan fingerprint density at radius 3 is 1.26 bits per heavy atom. The lowest BCUT2D eigenvalue weighted by Gasteiger charge is -2.10. The second kappa shape index (κ2) is 19.1. The lowest BCUT2D eigenvalue weighted by Crippen LogP contribution is -1.98. The highest BCUT2D eigenvalue weighted by molar-refractivity contribution is 14.0. The monoisotopic (exact) mass is 400 g/mol. The van der Waals surface area contributed by atoms with E-state index in [4.69, 9.17) is 12.6 Å². The SMILES string of the molecule is CCCCCCCCC(S)CCCCCCCC.I. The van der Waals surface area contributed by atoms with Gasteiger partial charge in [-0.3, -0.25) is 0 Å². The van der Waals surface area contributed by atoms with Crippen molar-refractivity contribution < 1.29 is 0 Å². The van der Waals surface area contributed by atoms with Crippen molar-refractivity contribution in [3.63, 3.8) is 0 Å². The lowest BCUT2D eigenvalue weighted by molar-refractivity contribution is 0.543. The molecular weight excluding hydrogens is 363 g/mol. The third kappa shape index (κ3) is 19.1. The van der Waals surface area contributed by atoms with Crippen molar-refractivity contribution in [1.29, 1.82) is 0 Å². The summed E-state index contributed by atoms with van der Waals surface area (Å²) in [5.41, 5.74) is 0. The Morgan fingerprint density at radius 1 is 0.579 bits per heavy atom. The second-order valence-corrected chi connectivity index (χ2v) is 6.50. The summed E-state index contributed by atoms with van der Waals surface area (Å²) in [5.74, 6) is 0. The van der Waals surface area contributed by atoms with Gasteiger partial charge < -0.3 is 0 Å². The molecule has 19 heavy (non-hydrogen) atoms. The smallest absolute Gasteiger partial charge is 0.00168 e. The van der Waals surface area contributed by atoms with Gasteiger partial charge in [0.2, 0.25) is 0 Å². The standard InChI is InChI=1S/C17H36S.HI/c1-3-5-7-9-11-13-15-17(18)16-14-12-10-8-6-4-2;/h17-18H,3-16H2,1-2H3;1H. The van der Waals surface area contributed by atoms with E-state index in [1.54, 1.807) is 0 Å². The maximum Gasteiger partial charge on any atom is 0.00168 e. The topological polar surface area (TPSA) is 0 Å². The van der Waals surface area contributed by atoms with Gasteiger partial charge in [0, 0.05) is 5.25 Å². The van der Waals surface area contributed by atoms with Crippen LogP contribution in [-0.4, -0.2) is 5.25 Å². The number of halogens is 1. The highest BCUT2D eigenvalue weighted by Crippen LogP contribution is 2.17. The number of unbranched alkanes of at least 4 members (excludes halogenated alkanes) is 10. The zero-order valence-electron chi connectivity index (χ0n) is 13.3. The van der Waals surface area contributed by atoms with E-state index < -0.39 is 0 Å². The van der Waals surface area contributed by atoms with E-state index in [9.17, 15) is 0 Å². The van der Waals surface area contributed by atoms with E-state index in [1.165, 1.54) is 89.9 Å². The molecule has 0 amide bonds. The van der Waals surface area contributed by atoms with Gasteiger partial charge >= 0.3 is 0 Å². The van der Waals surface area contributed by atoms with E-state index in [0.29, 0.717) is 5.25 Å². The predicted octanol–water partition coefficient (Wildman–Crippen LogP) is 7.40. The van der Waals surface area contributed by atoms with Crippen molar-refractivity contribution in [3.05, 3.63) is 0 Å². The Bertz CT molecular complexity index is 134. The van der Waals surface area contributed by atoms with E-state index in [-0.39, 0.29) is 24.0 Å². The average Bonchev–Trinajstić information content (AvgIpc) is 2.38. The summed E-state index contributed by atoms with van der Waals surface area (Å²) in [6.07, 6.45) is 19.6. The molecule has 0 bridgehead atoms. The van der Waals surface area contributed by atoms with Crippen LogP contribution in [0, 0.1) is 0 Å². The molecule has 0 saturated heterocycles. The van der Waals surface area contributed by atoms with Crippen LogP contribution in [0.25, 0.3) is 0 Å². The fraction of sp³-hybridized carbons (Fsp3) is 1.00. The molecule has 0 aliphatic rings. The van der Waals surface area contributed by atoms with E-state index >= 15 is 0 Å². The molecule has 0 spiro atoms. The van der Waals surface area contributed by atoms with Gasteiger partial charge in [-0.25, -0.2) is 0 Å². The van der Waals surface area contributed by atoms with E-state index in [1.807, 2.05) is 0 Å². The summed E-state index contributed by atoms with van der Waals surface area (Å²) in [5, 5.41) is 0.669. The first-order valence-corrected chi connectivity index (χ1v) is 9.01. The zero-order valence-corrected chi connectivity index (χ0v) is 16.6. The number of thiol groups is 1. The van der Waals surface area contributed by atoms with E-state index in [0.717, 1.165) is 0 Å². The van der Waals surface area contributed by atoms with Gasteiger partial charge in [0.1, 0.15) is 0 Å². The maximum atomic E-state index is 4.72. The molecule has 0 rings (SSSR count). The molecule has 0 heterocycles. The fourth-order valence-electron chi connectivity index (χ4n) is 2.46. The number of hydrogen-bond acceptors (Lipinski definition) is 1. The largest absolute Gasteiger partial charge is 0.176 e. The molecule has 0 unspecified atom stereocenters. The van der Waals surface area contributed by atoms with Gasteiger partial charge in [-0.05, 0) is 12.8 Å². The van der Waals surface area contributed by atoms with Crippen molar-refractivity contribution in [2.24, 2.45) is 0 Å². The number of rotatable bonds is 14. The molecule has 118 valence electrons. The first kappa shape index (κ1) is 22.4. The minimum absolute atomic E-state index is 0. The summed E-state index contributed by atoms with van der Waals surface area (Å²) in [6, 6.07) is 0. The fourth-order valence-corrected chi connectivity index (χ4v) is 2.83. The van der Waals surface area contributed by atoms with Gasteiger partial charge in [-0.2, -0.15) is 12.6 Å². The van der Waals surface area contributed by atoms with Crippen molar-refractivity contribution in [3.8, 4) is 0 Å². The van der Waals surface area contributed by atoms with Crippen molar-refractivity contribution in [1.82, 2.24) is 0 Å². The summed E-state index contributed by atoms with van der Waals surface area (Å²) >= 11 is 4.72. The predicted molar refractivity (Wildman–Crippen MR) is 104 cm³/mol. The van der Waals surface area contributed by atoms with Crippen LogP contribution < -0.4 is 0 Å². The summed E-state index contributed by atoms with van der Waals surface area (Å²) in [7, 11) is 0. The molecular formula is C17H37IS. The van der Waals surface area contributed by atoms with Gasteiger partial charge in [-0.1, -0.05) is 90.9 Å². The Kier molecular flexibility index (Phi) is 22.5. The molecule has 0 aromatic heterocycles. The molecule has 0 aliphatic carbocycles. The molecule has 0 aliphatic heterocycles. The first-order chi connectivity index (χ1) is 8.81. The number of hydrogen-bond donors (Lipinski definition) is 1. The summed E-state index contributed by atoms with van der Waals surface area (Å²) in [6.45, 7) is 4.56. The minimum atomic E-state index is 0. The van der Waals surface area contributed by atoms with Gasteiger partial charge in [-0.15, -0.1) is 24.0 Å². The van der Waals surface area contributed by atoms with Crippen LogP contribution in [0.3, 0.4) is 0 Å². The van der Waals surface area contributed by atoms with Crippen LogP contribution in [0.5, 0.6) is 0 Å². The Balaban J connectivity index is 0. The maximum absolute atomic E-state index is 4.72. The molecule has 2 heteroatoms. The first-order valence-electron chi connectivity index (χ1n) is 8.49. The molecule has 0 atom stereocenters. The van der Waals surface area contributed by atoms with Crippen LogP contribution >= 0.6 is 36.6 Å². The summed E-state index contributed by atoms with van der Waals surface area (Å²) in [4.78, 5) is 0. The highest BCUT2D eigenvalue weighted by Gasteiger charge is 2.02. The molecule has 0 radical (unpaired) electrons. The van der Waals surface area contributed by atoms with Gasteiger partial charge in [0.15, 0.2) is 0 Å². The van der Waals surface area contributed by atoms with Crippen LogP contribution in [-0.2, 0) is 0 Å². The third-order valence-corrected chi connectivity index (χ3v) is 4.30. The van der Waals surface area contributed by atoms with E-state index in [2.05, 4.69) is 13.8 Å². The lowest BCUT2D eigenvalue weighted by atomic mass is 10.0.